The molecule has 1 amide bonds. The lowest BCUT2D eigenvalue weighted by atomic mass is 10.0. The van der Waals surface area contributed by atoms with E-state index >= 15 is 0 Å². The number of hydrogen-bond acceptors (Lipinski definition) is 3. The Morgan fingerprint density at radius 2 is 1.68 bits per heavy atom. The monoisotopic (exact) mass is 464 g/mol. The molecule has 0 radical (unpaired) electrons. The molecule has 0 bridgehead atoms. The number of nitrogens with zero attached hydrogens (tertiary/aromatic N) is 3. The van der Waals surface area contributed by atoms with Gasteiger partial charge in [0.1, 0.15) is 11.6 Å². The number of carbonyl (C=O) groups excluding carboxylic acids is 1. The molecular weight excluding hydrogens is 434 g/mol. The zero-order chi connectivity index (χ0) is 23.5. The van der Waals surface area contributed by atoms with Gasteiger partial charge in [-0.2, -0.15) is 0 Å². The van der Waals surface area contributed by atoms with Crippen LogP contribution in [0.5, 0.6) is 0 Å². The fourth-order valence-electron chi connectivity index (χ4n) is 5.09. The standard InChI is InChI=1S/C27H30F2N4O/c28-21-16-20(17-22(29)18-21)6-7-27(34)33-14-12-31(13-15-33)9-3-10-32-11-8-24-23-4-1-2-5-25(23)30-26(24)19-32/h1-2,4-7,16-18,30H,3,8-15,19H2/b7-6+. The van der Waals surface area contributed by atoms with E-state index in [4.69, 9.17) is 0 Å². The zero-order valence-corrected chi connectivity index (χ0v) is 19.3. The van der Waals surface area contributed by atoms with Crippen molar-refractivity contribution in [3.8, 4) is 0 Å². The minimum absolute atomic E-state index is 0.119. The predicted molar refractivity (Wildman–Crippen MR) is 130 cm³/mol. The van der Waals surface area contributed by atoms with Crippen molar-refractivity contribution in [1.82, 2.24) is 19.7 Å². The molecular formula is C27H30F2N4O. The molecule has 7 heteroatoms. The van der Waals surface area contributed by atoms with Crippen molar-refractivity contribution < 1.29 is 13.6 Å². The highest BCUT2D eigenvalue weighted by Gasteiger charge is 2.22. The van der Waals surface area contributed by atoms with Gasteiger partial charge in [-0.1, -0.05) is 18.2 Å². The summed E-state index contributed by atoms with van der Waals surface area (Å²) < 4.78 is 26.6. The first-order valence-corrected chi connectivity index (χ1v) is 12.0. The van der Waals surface area contributed by atoms with Gasteiger partial charge >= 0.3 is 0 Å². The van der Waals surface area contributed by atoms with Gasteiger partial charge in [0, 0.05) is 68.0 Å². The number of fused-ring (bicyclic) bond motifs is 3. The molecule has 1 aromatic heterocycles. The number of nitrogens with one attached hydrogen (secondary N) is 1. The lowest BCUT2D eigenvalue weighted by molar-refractivity contribution is -0.127. The molecule has 2 aromatic carbocycles. The van der Waals surface area contributed by atoms with Crippen LogP contribution in [0.4, 0.5) is 8.78 Å². The summed E-state index contributed by atoms with van der Waals surface area (Å²) in [6, 6.07) is 11.8. The average molecular weight is 465 g/mol. The van der Waals surface area contributed by atoms with E-state index in [9.17, 15) is 13.6 Å². The van der Waals surface area contributed by atoms with Crippen molar-refractivity contribution in [2.75, 3.05) is 45.8 Å². The summed E-state index contributed by atoms with van der Waals surface area (Å²) >= 11 is 0. The van der Waals surface area contributed by atoms with Crippen LogP contribution in [0.1, 0.15) is 23.2 Å². The van der Waals surface area contributed by atoms with Crippen molar-refractivity contribution >= 4 is 22.9 Å². The van der Waals surface area contributed by atoms with Crippen molar-refractivity contribution in [1.29, 1.82) is 0 Å². The number of carbonyl (C=O) groups is 1. The Balaban J connectivity index is 1.04. The Hall–Kier alpha value is -3.03. The fourth-order valence-corrected chi connectivity index (χ4v) is 5.09. The molecule has 1 saturated heterocycles. The maximum atomic E-state index is 13.3. The Labute approximate surface area is 198 Å². The molecule has 3 heterocycles. The number of aromatic nitrogens is 1. The van der Waals surface area contributed by atoms with Gasteiger partial charge in [-0.05, 0) is 61.3 Å². The first-order valence-electron chi connectivity index (χ1n) is 12.0. The molecule has 2 aliphatic heterocycles. The van der Waals surface area contributed by atoms with Crippen LogP contribution in [-0.4, -0.2) is 71.4 Å². The number of rotatable bonds is 6. The molecule has 1 N–H and O–H groups in total. The van der Waals surface area contributed by atoms with Crippen molar-refractivity contribution in [2.24, 2.45) is 0 Å². The maximum absolute atomic E-state index is 13.3. The fraction of sp³-hybridized carbons (Fsp3) is 0.370. The molecule has 0 spiro atoms. The van der Waals surface area contributed by atoms with Gasteiger partial charge in [-0.25, -0.2) is 8.78 Å². The van der Waals surface area contributed by atoms with Crippen LogP contribution in [0.15, 0.2) is 48.5 Å². The molecule has 3 aromatic rings. The third-order valence-electron chi connectivity index (χ3n) is 6.90. The smallest absolute Gasteiger partial charge is 0.246 e. The van der Waals surface area contributed by atoms with Crippen LogP contribution in [0.25, 0.3) is 17.0 Å². The molecule has 0 atom stereocenters. The van der Waals surface area contributed by atoms with E-state index in [0.717, 1.165) is 58.2 Å². The first-order chi connectivity index (χ1) is 16.5. The maximum Gasteiger partial charge on any atom is 0.246 e. The second-order valence-corrected chi connectivity index (χ2v) is 9.21. The highest BCUT2D eigenvalue weighted by Crippen LogP contribution is 2.27. The lowest BCUT2D eigenvalue weighted by Gasteiger charge is -2.35. The van der Waals surface area contributed by atoms with Gasteiger partial charge in [0.15, 0.2) is 0 Å². The summed E-state index contributed by atoms with van der Waals surface area (Å²) in [6.45, 7) is 7.20. The van der Waals surface area contributed by atoms with E-state index in [2.05, 4.69) is 39.0 Å². The predicted octanol–water partition coefficient (Wildman–Crippen LogP) is 4.05. The number of H-pyrrole nitrogens is 1. The number of para-hydroxylation sites is 1. The average Bonchev–Trinajstić information content (AvgIpc) is 3.20. The quantitative estimate of drug-likeness (QED) is 0.560. The number of piperazine rings is 1. The highest BCUT2D eigenvalue weighted by atomic mass is 19.1. The van der Waals surface area contributed by atoms with Gasteiger partial charge in [0.2, 0.25) is 5.91 Å². The Morgan fingerprint density at radius 1 is 0.941 bits per heavy atom. The second-order valence-electron chi connectivity index (χ2n) is 9.21. The summed E-state index contributed by atoms with van der Waals surface area (Å²) in [5.74, 6) is -1.41. The highest BCUT2D eigenvalue weighted by molar-refractivity contribution is 5.91. The number of aromatic amines is 1. The van der Waals surface area contributed by atoms with Gasteiger partial charge in [-0.15, -0.1) is 0 Å². The van der Waals surface area contributed by atoms with Crippen LogP contribution in [0.2, 0.25) is 0 Å². The summed E-state index contributed by atoms with van der Waals surface area (Å²) in [6.07, 6.45) is 5.07. The Bertz CT molecular complexity index is 1180. The number of hydrogen-bond donors (Lipinski definition) is 1. The van der Waals surface area contributed by atoms with Crippen LogP contribution in [0, 0.1) is 11.6 Å². The molecule has 0 unspecified atom stereocenters. The SMILES string of the molecule is O=C(/C=C/c1cc(F)cc(F)c1)N1CCN(CCCN2CCc3c([nH]c4ccccc34)C2)CC1. The van der Waals surface area contributed by atoms with Gasteiger partial charge in [0.05, 0.1) is 0 Å². The Kier molecular flexibility index (Phi) is 6.74. The largest absolute Gasteiger partial charge is 0.357 e. The van der Waals surface area contributed by atoms with Crippen LogP contribution >= 0.6 is 0 Å². The molecule has 5 rings (SSSR count). The molecule has 2 aliphatic rings. The van der Waals surface area contributed by atoms with Crippen LogP contribution < -0.4 is 0 Å². The molecule has 0 saturated carbocycles. The normalized spacial score (nSPS) is 17.5. The van der Waals surface area contributed by atoms with Gasteiger partial charge in [0.25, 0.3) is 0 Å². The van der Waals surface area contributed by atoms with E-state index in [-0.39, 0.29) is 5.91 Å². The minimum Gasteiger partial charge on any atom is -0.357 e. The van der Waals surface area contributed by atoms with Crippen molar-refractivity contribution in [3.05, 3.63) is 77.0 Å². The summed E-state index contributed by atoms with van der Waals surface area (Å²) in [4.78, 5) is 22.8. The first kappa shape index (κ1) is 22.7. The van der Waals surface area contributed by atoms with Crippen LogP contribution in [-0.2, 0) is 17.8 Å². The number of halogens is 2. The third-order valence-corrected chi connectivity index (χ3v) is 6.90. The number of amides is 1. The summed E-state index contributed by atoms with van der Waals surface area (Å²) in [5, 5.41) is 1.36. The van der Waals surface area contributed by atoms with Crippen molar-refractivity contribution in [3.63, 3.8) is 0 Å². The van der Waals surface area contributed by atoms with E-state index in [0.29, 0.717) is 18.7 Å². The van der Waals surface area contributed by atoms with Crippen LogP contribution in [0.3, 0.4) is 0 Å². The van der Waals surface area contributed by atoms with E-state index in [1.54, 1.807) is 4.90 Å². The third kappa shape index (κ3) is 5.21. The molecule has 34 heavy (non-hydrogen) atoms. The summed E-state index contributed by atoms with van der Waals surface area (Å²) in [7, 11) is 0. The number of benzene rings is 2. The van der Waals surface area contributed by atoms with Crippen molar-refractivity contribution in [2.45, 2.75) is 19.4 Å². The van der Waals surface area contributed by atoms with E-state index in [1.165, 1.54) is 46.4 Å². The minimum atomic E-state index is -0.646. The second kappa shape index (κ2) is 10.1. The van der Waals surface area contributed by atoms with E-state index < -0.39 is 11.6 Å². The van der Waals surface area contributed by atoms with Gasteiger partial charge < -0.3 is 9.88 Å². The molecule has 1 fully saturated rings. The Morgan fingerprint density at radius 3 is 2.47 bits per heavy atom. The molecule has 178 valence electrons. The van der Waals surface area contributed by atoms with E-state index in [1.807, 2.05) is 0 Å². The molecule has 0 aliphatic carbocycles. The zero-order valence-electron chi connectivity index (χ0n) is 19.3. The lowest BCUT2D eigenvalue weighted by Crippen LogP contribution is -2.48. The summed E-state index contributed by atoms with van der Waals surface area (Å²) in [5.41, 5.74) is 4.42. The molecule has 5 nitrogen and oxygen atoms in total. The topological polar surface area (TPSA) is 42.6 Å². The van der Waals surface area contributed by atoms with Gasteiger partial charge in [-0.3, -0.25) is 14.6 Å².